The number of methoxy groups -OCH3 is 1. The summed E-state index contributed by atoms with van der Waals surface area (Å²) in [5.41, 5.74) is 1.05. The van der Waals surface area contributed by atoms with E-state index in [1.54, 1.807) is 7.11 Å². The van der Waals surface area contributed by atoms with Crippen LogP contribution in [0.1, 0.15) is 38.3 Å². The second-order valence-corrected chi connectivity index (χ2v) is 10.7. The van der Waals surface area contributed by atoms with E-state index in [0.29, 0.717) is 11.6 Å². The van der Waals surface area contributed by atoms with E-state index in [2.05, 4.69) is 14.9 Å². The number of rotatable bonds is 10. The number of hydrogen-bond donors (Lipinski definition) is 2. The molecule has 7 nitrogen and oxygen atoms in total. The molecule has 2 aromatic rings. The highest BCUT2D eigenvalue weighted by Gasteiger charge is 2.30. The summed E-state index contributed by atoms with van der Waals surface area (Å²) in [6, 6.07) is 12.8. The second-order valence-electron chi connectivity index (χ2n) is 8.58. The van der Waals surface area contributed by atoms with Crippen molar-refractivity contribution in [2.75, 3.05) is 26.7 Å². The van der Waals surface area contributed by atoms with E-state index >= 15 is 0 Å². The van der Waals surface area contributed by atoms with Gasteiger partial charge in [-0.2, -0.15) is 4.72 Å². The fraction of sp³-hybridized carbons (Fsp3) is 0.458. The van der Waals surface area contributed by atoms with Crippen LogP contribution in [0.5, 0.6) is 5.75 Å². The number of carbonyl (C=O) groups is 1. The van der Waals surface area contributed by atoms with E-state index < -0.39 is 16.1 Å². The minimum Gasteiger partial charge on any atom is -0.497 e. The molecule has 2 unspecified atom stereocenters. The van der Waals surface area contributed by atoms with Gasteiger partial charge in [-0.1, -0.05) is 37.6 Å². The Labute approximate surface area is 201 Å². The van der Waals surface area contributed by atoms with Crippen LogP contribution >= 0.6 is 11.6 Å². The van der Waals surface area contributed by atoms with Crippen LogP contribution in [0.4, 0.5) is 0 Å². The zero-order valence-electron chi connectivity index (χ0n) is 19.3. The molecule has 3 rings (SSSR count). The van der Waals surface area contributed by atoms with Crippen LogP contribution < -0.4 is 14.8 Å². The van der Waals surface area contributed by atoms with Crippen LogP contribution in [-0.2, 0) is 14.8 Å². The van der Waals surface area contributed by atoms with Gasteiger partial charge in [-0.25, -0.2) is 8.42 Å². The van der Waals surface area contributed by atoms with Gasteiger partial charge in [0.15, 0.2) is 0 Å². The molecule has 0 bridgehead atoms. The number of carbonyl (C=O) groups excluding carboxylic acids is 1. The third-order valence-corrected chi connectivity index (χ3v) is 7.59. The predicted octanol–water partition coefficient (Wildman–Crippen LogP) is 3.60. The lowest BCUT2D eigenvalue weighted by Crippen LogP contribution is -2.51. The number of hydrogen-bond acceptors (Lipinski definition) is 5. The number of sulfonamides is 1. The van der Waals surface area contributed by atoms with Crippen molar-refractivity contribution in [1.82, 2.24) is 14.9 Å². The SMILES string of the molecule is COc1cccc(C(CNC(=O)C(NS(=O)(=O)c2ccc(Cl)cc2)C(C)C)N2CCCC2)c1. The first kappa shape index (κ1) is 25.5. The lowest BCUT2D eigenvalue weighted by molar-refractivity contribution is -0.123. The molecule has 2 atom stereocenters. The van der Waals surface area contributed by atoms with E-state index in [4.69, 9.17) is 16.3 Å². The smallest absolute Gasteiger partial charge is 0.241 e. The molecule has 9 heteroatoms. The van der Waals surface area contributed by atoms with Gasteiger partial charge in [0.1, 0.15) is 11.8 Å². The summed E-state index contributed by atoms with van der Waals surface area (Å²) in [6.07, 6.45) is 2.23. The lowest BCUT2D eigenvalue weighted by Gasteiger charge is -2.30. The maximum Gasteiger partial charge on any atom is 0.241 e. The summed E-state index contributed by atoms with van der Waals surface area (Å²) in [5, 5.41) is 3.43. The Morgan fingerprint density at radius 1 is 1.12 bits per heavy atom. The molecule has 1 saturated heterocycles. The van der Waals surface area contributed by atoms with Gasteiger partial charge in [-0.15, -0.1) is 0 Å². The molecule has 1 aliphatic heterocycles. The largest absolute Gasteiger partial charge is 0.497 e. The van der Waals surface area contributed by atoms with Crippen LogP contribution in [0.25, 0.3) is 0 Å². The first-order valence-electron chi connectivity index (χ1n) is 11.1. The van der Waals surface area contributed by atoms with Crippen LogP contribution in [0.3, 0.4) is 0 Å². The Kier molecular flexibility index (Phi) is 8.75. The lowest BCUT2D eigenvalue weighted by atomic mass is 10.0. The Balaban J connectivity index is 1.74. The van der Waals surface area contributed by atoms with Crippen molar-refractivity contribution in [1.29, 1.82) is 0 Å². The quantitative estimate of drug-likeness (QED) is 0.528. The molecule has 1 aliphatic rings. The molecule has 1 fully saturated rings. The van der Waals surface area contributed by atoms with Gasteiger partial charge in [0.05, 0.1) is 18.0 Å². The van der Waals surface area contributed by atoms with Gasteiger partial charge in [0.2, 0.25) is 15.9 Å². The second kappa shape index (κ2) is 11.3. The third kappa shape index (κ3) is 6.69. The molecule has 1 amide bonds. The van der Waals surface area contributed by atoms with Crippen molar-refractivity contribution in [2.24, 2.45) is 5.92 Å². The molecule has 0 saturated carbocycles. The molecule has 0 spiro atoms. The summed E-state index contributed by atoms with van der Waals surface area (Å²) in [4.78, 5) is 15.5. The molecule has 2 N–H and O–H groups in total. The molecular weight excluding hydrogens is 462 g/mol. The summed E-state index contributed by atoms with van der Waals surface area (Å²) in [7, 11) is -2.25. The zero-order chi connectivity index (χ0) is 24.0. The number of likely N-dealkylation sites (tertiary alicyclic amines) is 1. The minimum absolute atomic E-state index is 0.0211. The summed E-state index contributed by atoms with van der Waals surface area (Å²) in [5.74, 6) is 0.169. The maximum absolute atomic E-state index is 13.1. The number of nitrogens with one attached hydrogen (secondary N) is 2. The minimum atomic E-state index is -3.88. The van der Waals surface area contributed by atoms with Gasteiger partial charge < -0.3 is 10.1 Å². The first-order valence-corrected chi connectivity index (χ1v) is 13.0. The Morgan fingerprint density at radius 2 is 1.79 bits per heavy atom. The van der Waals surface area contributed by atoms with Gasteiger partial charge in [-0.05, 0) is 73.8 Å². The molecule has 0 aromatic heterocycles. The van der Waals surface area contributed by atoms with Crippen LogP contribution in [0.15, 0.2) is 53.4 Å². The number of ether oxygens (including phenoxy) is 1. The predicted molar refractivity (Wildman–Crippen MR) is 130 cm³/mol. The van der Waals surface area contributed by atoms with Crippen molar-refractivity contribution >= 4 is 27.5 Å². The van der Waals surface area contributed by atoms with Crippen molar-refractivity contribution in [3.05, 3.63) is 59.1 Å². The Bertz CT molecular complexity index is 1040. The summed E-state index contributed by atoms with van der Waals surface area (Å²) >= 11 is 5.87. The monoisotopic (exact) mass is 493 g/mol. The standard InChI is InChI=1S/C24H32ClN3O4S/c1-17(2)23(27-33(30,31)21-11-9-19(25)10-12-21)24(29)26-16-22(28-13-4-5-14-28)18-7-6-8-20(15-18)32-3/h6-12,15,17,22-23,27H,4-5,13-14,16H2,1-3H3,(H,26,29). The number of nitrogens with zero attached hydrogens (tertiary/aromatic N) is 1. The van der Waals surface area contributed by atoms with Crippen LogP contribution in [0, 0.1) is 5.92 Å². The fourth-order valence-electron chi connectivity index (χ4n) is 4.01. The van der Waals surface area contributed by atoms with Gasteiger partial charge in [0.25, 0.3) is 0 Å². The van der Waals surface area contributed by atoms with Crippen LogP contribution in [-0.4, -0.2) is 52.0 Å². The van der Waals surface area contributed by atoms with E-state index in [0.717, 1.165) is 37.2 Å². The van der Waals surface area contributed by atoms with E-state index in [1.165, 1.54) is 24.3 Å². The third-order valence-electron chi connectivity index (χ3n) is 5.88. The first-order chi connectivity index (χ1) is 15.7. The summed E-state index contributed by atoms with van der Waals surface area (Å²) in [6.45, 7) is 5.91. The molecule has 0 radical (unpaired) electrons. The van der Waals surface area contributed by atoms with Gasteiger partial charge in [0, 0.05) is 11.6 Å². The van der Waals surface area contributed by atoms with Gasteiger partial charge >= 0.3 is 0 Å². The summed E-state index contributed by atoms with van der Waals surface area (Å²) < 4.78 is 33.6. The molecule has 180 valence electrons. The Morgan fingerprint density at radius 3 is 2.39 bits per heavy atom. The number of benzene rings is 2. The fourth-order valence-corrected chi connectivity index (χ4v) is 5.48. The number of amides is 1. The van der Waals surface area contributed by atoms with E-state index in [-0.39, 0.29) is 22.8 Å². The average Bonchev–Trinajstić information content (AvgIpc) is 3.32. The van der Waals surface area contributed by atoms with Gasteiger partial charge in [-0.3, -0.25) is 9.69 Å². The number of halogens is 1. The van der Waals surface area contributed by atoms with Crippen molar-refractivity contribution in [2.45, 2.75) is 43.7 Å². The highest BCUT2D eigenvalue weighted by molar-refractivity contribution is 7.89. The molecular formula is C24H32ClN3O4S. The van der Waals surface area contributed by atoms with Crippen molar-refractivity contribution < 1.29 is 17.9 Å². The molecule has 0 aliphatic carbocycles. The molecule has 1 heterocycles. The normalized spacial score (nSPS) is 16.5. The molecule has 2 aromatic carbocycles. The maximum atomic E-state index is 13.1. The van der Waals surface area contributed by atoms with E-state index in [9.17, 15) is 13.2 Å². The van der Waals surface area contributed by atoms with Crippen molar-refractivity contribution in [3.63, 3.8) is 0 Å². The molecule has 33 heavy (non-hydrogen) atoms. The van der Waals surface area contributed by atoms with Crippen molar-refractivity contribution in [3.8, 4) is 5.75 Å². The van der Waals surface area contributed by atoms with Crippen LogP contribution in [0.2, 0.25) is 5.02 Å². The highest BCUT2D eigenvalue weighted by atomic mass is 35.5. The highest BCUT2D eigenvalue weighted by Crippen LogP contribution is 2.27. The Hall–Kier alpha value is -2.13. The average molecular weight is 494 g/mol. The zero-order valence-corrected chi connectivity index (χ0v) is 20.8. The topological polar surface area (TPSA) is 87.7 Å². The van der Waals surface area contributed by atoms with E-state index in [1.807, 2.05) is 38.1 Å².